The summed E-state index contributed by atoms with van der Waals surface area (Å²) in [4.78, 5) is 23.7. The number of rotatable bonds is 6. The lowest BCUT2D eigenvalue weighted by molar-refractivity contribution is -0.112. The van der Waals surface area contributed by atoms with Gasteiger partial charge in [0.1, 0.15) is 11.6 Å². The number of carboxylic acids is 1. The van der Waals surface area contributed by atoms with E-state index < -0.39 is 11.9 Å². The normalized spacial score (nSPS) is 12.4. The van der Waals surface area contributed by atoms with Gasteiger partial charge in [0.15, 0.2) is 0 Å². The molecular formula is C23H21N3O3. The van der Waals surface area contributed by atoms with E-state index in [4.69, 9.17) is 5.11 Å². The molecule has 6 heteroatoms. The highest BCUT2D eigenvalue weighted by molar-refractivity contribution is 6.11. The lowest BCUT2D eigenvalue weighted by Crippen LogP contribution is -2.13. The third kappa shape index (κ3) is 4.19. The zero-order valence-corrected chi connectivity index (χ0v) is 16.2. The molecule has 146 valence electrons. The summed E-state index contributed by atoms with van der Waals surface area (Å²) in [6.07, 6.45) is 4.47. The molecule has 0 unspecified atom stereocenters. The summed E-state index contributed by atoms with van der Waals surface area (Å²) in [6.45, 7) is 4.22. The van der Waals surface area contributed by atoms with Gasteiger partial charge in [0.05, 0.1) is 5.56 Å². The molecule has 1 aromatic heterocycles. The largest absolute Gasteiger partial charge is 0.478 e. The van der Waals surface area contributed by atoms with Crippen LogP contribution in [-0.4, -0.2) is 21.6 Å². The molecular weight excluding hydrogens is 366 g/mol. The highest BCUT2D eigenvalue weighted by atomic mass is 16.4. The van der Waals surface area contributed by atoms with Crippen molar-refractivity contribution in [3.8, 4) is 6.07 Å². The van der Waals surface area contributed by atoms with Crippen LogP contribution in [0.3, 0.4) is 0 Å². The topological polar surface area (TPSA) is 95.1 Å². The van der Waals surface area contributed by atoms with Gasteiger partial charge in [-0.3, -0.25) is 4.79 Å². The number of fused-ring (bicyclic) bond motifs is 1. The van der Waals surface area contributed by atoms with Crippen LogP contribution < -0.4 is 5.32 Å². The smallest absolute Gasteiger partial charge is 0.335 e. The van der Waals surface area contributed by atoms with E-state index in [0.29, 0.717) is 5.69 Å². The number of anilines is 1. The number of benzene rings is 2. The fraction of sp³-hybridized carbons (Fsp3) is 0.174. The van der Waals surface area contributed by atoms with Crippen molar-refractivity contribution in [3.05, 3.63) is 71.4 Å². The van der Waals surface area contributed by atoms with Gasteiger partial charge in [0.2, 0.25) is 0 Å². The van der Waals surface area contributed by atoms with Crippen LogP contribution in [0.4, 0.5) is 5.69 Å². The summed E-state index contributed by atoms with van der Waals surface area (Å²) in [5, 5.41) is 22.2. The Balaban J connectivity index is 1.96. The maximum atomic E-state index is 12.6. The van der Waals surface area contributed by atoms with Crippen molar-refractivity contribution >= 4 is 34.5 Å². The van der Waals surface area contributed by atoms with Crippen molar-refractivity contribution in [2.45, 2.75) is 26.3 Å². The average molecular weight is 387 g/mol. The van der Waals surface area contributed by atoms with E-state index in [1.54, 1.807) is 12.1 Å². The van der Waals surface area contributed by atoms with Gasteiger partial charge in [-0.15, -0.1) is 0 Å². The zero-order chi connectivity index (χ0) is 21.0. The molecule has 0 aliphatic carbocycles. The Morgan fingerprint density at radius 3 is 2.69 bits per heavy atom. The first-order valence-corrected chi connectivity index (χ1v) is 9.30. The van der Waals surface area contributed by atoms with Crippen molar-refractivity contribution in [2.24, 2.45) is 0 Å². The number of hydrogen-bond acceptors (Lipinski definition) is 3. The molecule has 1 heterocycles. The second-order valence-electron chi connectivity index (χ2n) is 6.78. The van der Waals surface area contributed by atoms with Crippen LogP contribution in [0.1, 0.15) is 42.2 Å². The van der Waals surface area contributed by atoms with E-state index in [0.717, 1.165) is 22.9 Å². The lowest BCUT2D eigenvalue weighted by atomic mass is 10.1. The summed E-state index contributed by atoms with van der Waals surface area (Å²) in [5.41, 5.74) is 2.14. The number of carboxylic acid groups (broad SMARTS) is 1. The third-order valence-corrected chi connectivity index (χ3v) is 4.87. The van der Waals surface area contributed by atoms with E-state index >= 15 is 0 Å². The Morgan fingerprint density at radius 1 is 1.24 bits per heavy atom. The van der Waals surface area contributed by atoms with E-state index in [2.05, 4.69) is 23.7 Å². The third-order valence-electron chi connectivity index (χ3n) is 4.87. The monoisotopic (exact) mass is 387 g/mol. The molecule has 0 aliphatic rings. The quantitative estimate of drug-likeness (QED) is 0.466. The highest BCUT2D eigenvalue weighted by Gasteiger charge is 2.15. The van der Waals surface area contributed by atoms with Gasteiger partial charge in [-0.05, 0) is 43.7 Å². The van der Waals surface area contributed by atoms with E-state index in [-0.39, 0.29) is 17.2 Å². The fourth-order valence-electron chi connectivity index (χ4n) is 3.14. The Kier molecular flexibility index (Phi) is 5.79. The number of carbonyl (C=O) groups is 2. The standard InChI is InChI=1S/C23H21N3O3/c1-3-15(2)26-14-18(20-9-4-5-10-21(20)26)11-17(13-24)22(27)25-19-8-6-7-16(12-19)23(28)29/h4-12,14-15H,3H2,1-2H3,(H,25,27)(H,28,29)/b17-11-/t15-/m1/s1. The second-order valence-corrected chi connectivity index (χ2v) is 6.78. The molecule has 3 aromatic rings. The molecule has 6 nitrogen and oxygen atoms in total. The molecule has 2 aromatic carbocycles. The van der Waals surface area contributed by atoms with Crippen molar-refractivity contribution < 1.29 is 14.7 Å². The van der Waals surface area contributed by atoms with Crippen molar-refractivity contribution in [1.29, 1.82) is 5.26 Å². The maximum Gasteiger partial charge on any atom is 0.335 e. The van der Waals surface area contributed by atoms with Gasteiger partial charge >= 0.3 is 5.97 Å². The number of nitriles is 1. The van der Waals surface area contributed by atoms with Gasteiger partial charge in [0.25, 0.3) is 5.91 Å². The number of nitrogens with zero attached hydrogens (tertiary/aromatic N) is 2. The number of amides is 1. The number of nitrogens with one attached hydrogen (secondary N) is 1. The molecule has 0 bridgehead atoms. The molecule has 0 saturated heterocycles. The van der Waals surface area contributed by atoms with Crippen molar-refractivity contribution in [1.82, 2.24) is 4.57 Å². The minimum atomic E-state index is -1.09. The summed E-state index contributed by atoms with van der Waals surface area (Å²) < 4.78 is 2.14. The first-order valence-electron chi connectivity index (χ1n) is 9.30. The predicted octanol–water partition coefficient (Wildman–Crippen LogP) is 4.86. The Bertz CT molecular complexity index is 1150. The van der Waals surface area contributed by atoms with E-state index in [1.807, 2.05) is 36.5 Å². The first-order chi connectivity index (χ1) is 13.9. The molecule has 1 atom stereocenters. The minimum absolute atomic E-state index is 0.0573. The van der Waals surface area contributed by atoms with Gasteiger partial charge in [-0.25, -0.2) is 4.79 Å². The molecule has 0 fully saturated rings. The fourth-order valence-corrected chi connectivity index (χ4v) is 3.14. The summed E-state index contributed by atoms with van der Waals surface area (Å²) in [6, 6.07) is 16.0. The second kappa shape index (κ2) is 8.44. The van der Waals surface area contributed by atoms with Gasteiger partial charge in [0, 0.05) is 34.4 Å². The Hall–Kier alpha value is -3.85. The molecule has 0 spiro atoms. The molecule has 0 saturated carbocycles. The maximum absolute atomic E-state index is 12.6. The van der Waals surface area contributed by atoms with Crippen molar-refractivity contribution in [2.75, 3.05) is 5.32 Å². The molecule has 0 radical (unpaired) electrons. The van der Waals surface area contributed by atoms with Crippen molar-refractivity contribution in [3.63, 3.8) is 0 Å². The summed E-state index contributed by atoms with van der Waals surface area (Å²) >= 11 is 0. The van der Waals surface area contributed by atoms with Gasteiger partial charge < -0.3 is 15.0 Å². The number of para-hydroxylation sites is 1. The number of aromatic carboxylic acids is 1. The van der Waals surface area contributed by atoms with Crippen LogP contribution in [-0.2, 0) is 4.79 Å². The SMILES string of the molecule is CC[C@@H](C)n1cc(/C=C(/C#N)C(=O)Nc2cccc(C(=O)O)c2)c2ccccc21. The van der Waals surface area contributed by atoms with Gasteiger partial charge in [-0.1, -0.05) is 31.2 Å². The number of carbonyl (C=O) groups excluding carboxylic acids is 1. The molecule has 1 amide bonds. The number of hydrogen-bond donors (Lipinski definition) is 2. The van der Waals surface area contributed by atoms with Crippen LogP contribution in [0, 0.1) is 11.3 Å². The summed E-state index contributed by atoms with van der Waals surface area (Å²) in [7, 11) is 0. The Labute approximate surface area is 168 Å². The van der Waals surface area contributed by atoms with Crippen LogP contribution >= 0.6 is 0 Å². The van der Waals surface area contributed by atoms with Crippen LogP contribution in [0.5, 0.6) is 0 Å². The number of aromatic nitrogens is 1. The van der Waals surface area contributed by atoms with Crippen LogP contribution in [0.25, 0.3) is 17.0 Å². The van der Waals surface area contributed by atoms with Gasteiger partial charge in [-0.2, -0.15) is 5.26 Å². The highest BCUT2D eigenvalue weighted by Crippen LogP contribution is 2.27. The van der Waals surface area contributed by atoms with E-state index in [9.17, 15) is 14.9 Å². The molecule has 2 N–H and O–H groups in total. The minimum Gasteiger partial charge on any atom is -0.478 e. The van der Waals surface area contributed by atoms with Crippen LogP contribution in [0.15, 0.2) is 60.3 Å². The first kappa shape index (κ1) is 19.9. The van der Waals surface area contributed by atoms with E-state index in [1.165, 1.54) is 18.2 Å². The Morgan fingerprint density at radius 2 is 2.00 bits per heavy atom. The van der Waals surface area contributed by atoms with Crippen LogP contribution in [0.2, 0.25) is 0 Å². The predicted molar refractivity (Wildman–Crippen MR) is 113 cm³/mol. The zero-order valence-electron chi connectivity index (χ0n) is 16.2. The molecule has 29 heavy (non-hydrogen) atoms. The lowest BCUT2D eigenvalue weighted by Gasteiger charge is -2.12. The molecule has 3 rings (SSSR count). The summed E-state index contributed by atoms with van der Waals surface area (Å²) in [5.74, 6) is -1.68. The average Bonchev–Trinajstić information content (AvgIpc) is 3.10. The molecule has 0 aliphatic heterocycles.